The van der Waals surface area contributed by atoms with Gasteiger partial charge >= 0.3 is 0 Å². The van der Waals surface area contributed by atoms with Gasteiger partial charge < -0.3 is 5.73 Å². The molecule has 0 saturated heterocycles. The van der Waals surface area contributed by atoms with Crippen molar-refractivity contribution in [2.24, 2.45) is 11.8 Å². The highest BCUT2D eigenvalue weighted by Gasteiger charge is 2.42. The van der Waals surface area contributed by atoms with Gasteiger partial charge in [-0.15, -0.1) is 5.10 Å². The van der Waals surface area contributed by atoms with Crippen LogP contribution in [0.25, 0.3) is 11.4 Å². The van der Waals surface area contributed by atoms with E-state index in [4.69, 9.17) is 5.73 Å². The van der Waals surface area contributed by atoms with Gasteiger partial charge in [-0.2, -0.15) is 0 Å². The number of tetrazole rings is 1. The maximum absolute atomic E-state index is 5.73. The Morgan fingerprint density at radius 2 is 1.95 bits per heavy atom. The first-order chi connectivity index (χ1) is 9.31. The van der Waals surface area contributed by atoms with E-state index in [1.54, 1.807) is 0 Å². The Morgan fingerprint density at radius 1 is 1.11 bits per heavy atom. The molecule has 5 heteroatoms. The van der Waals surface area contributed by atoms with Crippen molar-refractivity contribution in [3.8, 4) is 11.4 Å². The van der Waals surface area contributed by atoms with Crippen LogP contribution in [-0.4, -0.2) is 20.2 Å². The van der Waals surface area contributed by atoms with Gasteiger partial charge in [-0.25, -0.2) is 4.68 Å². The van der Waals surface area contributed by atoms with Crippen molar-refractivity contribution >= 4 is 5.69 Å². The number of aromatic nitrogens is 4. The Kier molecular flexibility index (Phi) is 2.33. The summed E-state index contributed by atoms with van der Waals surface area (Å²) in [5.41, 5.74) is 7.54. The van der Waals surface area contributed by atoms with Gasteiger partial charge in [0.1, 0.15) is 0 Å². The Labute approximate surface area is 111 Å². The quantitative estimate of drug-likeness (QED) is 0.836. The molecule has 1 aromatic heterocycles. The summed E-state index contributed by atoms with van der Waals surface area (Å²) in [7, 11) is 0. The Morgan fingerprint density at radius 3 is 2.63 bits per heavy atom. The van der Waals surface area contributed by atoms with Crippen LogP contribution in [0.5, 0.6) is 0 Å². The summed E-state index contributed by atoms with van der Waals surface area (Å²) in [5, 5.41) is 12.3. The van der Waals surface area contributed by atoms with E-state index >= 15 is 0 Å². The summed E-state index contributed by atoms with van der Waals surface area (Å²) in [6, 6.07) is 8.26. The van der Waals surface area contributed by atoms with Crippen molar-refractivity contribution in [2.75, 3.05) is 5.73 Å². The molecule has 2 aromatic rings. The standard InChI is InChI=1S/C14H17N5/c15-12-5-3-10(4-6-12)14-16-17-18-19(14)13-8-9-1-2-11(13)7-9/h3-6,9,11,13H,1-2,7-8,15H2. The molecule has 2 aliphatic rings. The Bertz CT molecular complexity index is 588. The highest BCUT2D eigenvalue weighted by molar-refractivity contribution is 5.58. The first kappa shape index (κ1) is 11.0. The maximum atomic E-state index is 5.73. The number of anilines is 1. The van der Waals surface area contributed by atoms with Crippen molar-refractivity contribution in [2.45, 2.75) is 31.7 Å². The first-order valence-electron chi connectivity index (χ1n) is 6.95. The van der Waals surface area contributed by atoms with Crippen LogP contribution in [-0.2, 0) is 0 Å². The molecular weight excluding hydrogens is 238 g/mol. The van der Waals surface area contributed by atoms with Crippen molar-refractivity contribution in [3.63, 3.8) is 0 Å². The molecule has 3 atom stereocenters. The largest absolute Gasteiger partial charge is 0.399 e. The molecule has 4 rings (SSSR count). The van der Waals surface area contributed by atoms with Crippen LogP contribution in [0.3, 0.4) is 0 Å². The van der Waals surface area contributed by atoms with Crippen molar-refractivity contribution in [1.82, 2.24) is 20.2 Å². The molecule has 98 valence electrons. The molecule has 0 aliphatic heterocycles. The summed E-state index contributed by atoms with van der Waals surface area (Å²) >= 11 is 0. The monoisotopic (exact) mass is 255 g/mol. The van der Waals surface area contributed by atoms with Gasteiger partial charge in [-0.05, 0) is 65.8 Å². The van der Waals surface area contributed by atoms with Crippen LogP contribution in [0.4, 0.5) is 5.69 Å². The third-order valence-corrected chi connectivity index (χ3v) is 4.68. The molecule has 2 saturated carbocycles. The first-order valence-corrected chi connectivity index (χ1v) is 6.95. The summed E-state index contributed by atoms with van der Waals surface area (Å²) in [6.07, 6.45) is 5.31. The number of rotatable bonds is 2. The minimum Gasteiger partial charge on any atom is -0.399 e. The lowest BCUT2D eigenvalue weighted by Gasteiger charge is -2.22. The SMILES string of the molecule is Nc1ccc(-c2nnnn2C2CC3CCC2C3)cc1. The van der Waals surface area contributed by atoms with Crippen LogP contribution >= 0.6 is 0 Å². The molecule has 2 fully saturated rings. The molecule has 3 unspecified atom stereocenters. The minimum absolute atomic E-state index is 0.487. The molecule has 19 heavy (non-hydrogen) atoms. The lowest BCUT2D eigenvalue weighted by molar-refractivity contribution is 0.304. The molecule has 2 N–H and O–H groups in total. The van der Waals surface area contributed by atoms with Crippen molar-refractivity contribution in [3.05, 3.63) is 24.3 Å². The summed E-state index contributed by atoms with van der Waals surface area (Å²) in [6.45, 7) is 0. The second-order valence-electron chi connectivity index (χ2n) is 5.81. The summed E-state index contributed by atoms with van der Waals surface area (Å²) < 4.78 is 2.04. The maximum Gasteiger partial charge on any atom is 0.182 e. The van der Waals surface area contributed by atoms with Gasteiger partial charge in [0.25, 0.3) is 0 Å². The van der Waals surface area contributed by atoms with Gasteiger partial charge in [0.05, 0.1) is 6.04 Å². The smallest absolute Gasteiger partial charge is 0.182 e. The predicted molar refractivity (Wildman–Crippen MR) is 72.2 cm³/mol. The topological polar surface area (TPSA) is 69.6 Å². The summed E-state index contributed by atoms with van der Waals surface area (Å²) in [4.78, 5) is 0. The number of nitrogen functional groups attached to an aromatic ring is 1. The number of fused-ring (bicyclic) bond motifs is 2. The zero-order valence-electron chi connectivity index (χ0n) is 10.7. The lowest BCUT2D eigenvalue weighted by Crippen LogP contribution is -2.18. The van der Waals surface area contributed by atoms with E-state index in [2.05, 4.69) is 15.5 Å². The number of nitrogens with zero attached hydrogens (tertiary/aromatic N) is 4. The normalized spacial score (nSPS) is 28.9. The summed E-state index contributed by atoms with van der Waals surface area (Å²) in [5.74, 6) is 2.53. The third kappa shape index (κ3) is 1.72. The number of hydrogen-bond donors (Lipinski definition) is 1. The van der Waals surface area contributed by atoms with Crippen LogP contribution in [0.2, 0.25) is 0 Å². The average molecular weight is 255 g/mol. The fourth-order valence-electron chi connectivity index (χ4n) is 3.75. The zero-order chi connectivity index (χ0) is 12.8. The Balaban J connectivity index is 1.71. The van der Waals surface area contributed by atoms with Crippen LogP contribution < -0.4 is 5.73 Å². The van der Waals surface area contributed by atoms with Crippen LogP contribution in [0.1, 0.15) is 31.7 Å². The van der Waals surface area contributed by atoms with E-state index in [1.807, 2.05) is 28.9 Å². The van der Waals surface area contributed by atoms with Gasteiger partial charge in [-0.1, -0.05) is 6.42 Å². The van der Waals surface area contributed by atoms with E-state index in [-0.39, 0.29) is 0 Å². The lowest BCUT2D eigenvalue weighted by atomic mass is 9.95. The highest BCUT2D eigenvalue weighted by atomic mass is 15.6. The van der Waals surface area contributed by atoms with Gasteiger partial charge in [0.15, 0.2) is 5.82 Å². The molecule has 1 aromatic carbocycles. The predicted octanol–water partition coefficient (Wildman–Crippen LogP) is 2.28. The molecule has 0 amide bonds. The molecule has 0 radical (unpaired) electrons. The minimum atomic E-state index is 0.487. The van der Waals surface area contributed by atoms with Crippen LogP contribution in [0, 0.1) is 11.8 Å². The fraction of sp³-hybridized carbons (Fsp3) is 0.500. The van der Waals surface area contributed by atoms with E-state index in [0.717, 1.165) is 28.9 Å². The fourth-order valence-corrected chi connectivity index (χ4v) is 3.75. The van der Waals surface area contributed by atoms with E-state index in [1.165, 1.54) is 25.7 Å². The number of hydrogen-bond acceptors (Lipinski definition) is 4. The van der Waals surface area contributed by atoms with E-state index < -0.39 is 0 Å². The second-order valence-corrected chi connectivity index (χ2v) is 5.81. The van der Waals surface area contributed by atoms with Gasteiger partial charge in [0.2, 0.25) is 0 Å². The molecule has 2 bridgehead atoms. The van der Waals surface area contributed by atoms with Crippen molar-refractivity contribution in [1.29, 1.82) is 0 Å². The third-order valence-electron chi connectivity index (χ3n) is 4.68. The zero-order valence-corrected chi connectivity index (χ0v) is 10.7. The van der Waals surface area contributed by atoms with Crippen molar-refractivity contribution < 1.29 is 0 Å². The second kappa shape index (κ2) is 4.05. The Hall–Kier alpha value is -1.91. The highest BCUT2D eigenvalue weighted by Crippen LogP contribution is 2.51. The molecule has 0 spiro atoms. The van der Waals surface area contributed by atoms with E-state index in [0.29, 0.717) is 6.04 Å². The van der Waals surface area contributed by atoms with Gasteiger partial charge in [0, 0.05) is 11.3 Å². The number of benzene rings is 1. The average Bonchev–Trinajstić information content (AvgIpc) is 3.15. The molecule has 5 nitrogen and oxygen atoms in total. The molecule has 1 heterocycles. The number of nitrogens with two attached hydrogens (primary N) is 1. The van der Waals surface area contributed by atoms with Gasteiger partial charge in [-0.3, -0.25) is 0 Å². The van der Waals surface area contributed by atoms with Crippen LogP contribution in [0.15, 0.2) is 24.3 Å². The molecular formula is C14H17N5. The van der Waals surface area contributed by atoms with E-state index in [9.17, 15) is 0 Å². The molecule has 2 aliphatic carbocycles.